The van der Waals surface area contributed by atoms with Crippen LogP contribution < -0.4 is 4.74 Å². The van der Waals surface area contributed by atoms with Crippen molar-refractivity contribution in [3.63, 3.8) is 0 Å². The molecule has 2 nitrogen and oxygen atoms in total. The summed E-state index contributed by atoms with van der Waals surface area (Å²) in [5, 5.41) is 10.1. The first-order valence-corrected chi connectivity index (χ1v) is 6.63. The van der Waals surface area contributed by atoms with Gasteiger partial charge in [0.2, 0.25) is 0 Å². The number of rotatable bonds is 4. The minimum Gasteiger partial charge on any atom is -0.497 e. The predicted molar refractivity (Wildman–Crippen MR) is 74.5 cm³/mol. The van der Waals surface area contributed by atoms with E-state index in [9.17, 15) is 5.11 Å². The Balaban J connectivity index is 2.25. The molecule has 0 bridgehead atoms. The topological polar surface area (TPSA) is 29.5 Å². The van der Waals surface area contributed by atoms with E-state index < -0.39 is 0 Å². The summed E-state index contributed by atoms with van der Waals surface area (Å²) in [5.74, 6) is 0.750. The smallest absolute Gasteiger partial charge is 0.119 e. The maximum atomic E-state index is 9.37. The fraction of sp³-hybridized carbons (Fsp3) is 0.143. The number of halogens is 1. The van der Waals surface area contributed by atoms with Crippen molar-refractivity contribution in [3.05, 3.63) is 53.1 Å². The summed E-state index contributed by atoms with van der Waals surface area (Å²) in [6, 6.07) is 13.3. The Morgan fingerprint density at radius 1 is 1.17 bits per heavy atom. The summed E-state index contributed by atoms with van der Waals surface area (Å²) in [7, 11) is 1.61. The second-order valence-corrected chi connectivity index (χ2v) is 5.24. The van der Waals surface area contributed by atoms with Gasteiger partial charge in [-0.1, -0.05) is 23.4 Å². The van der Waals surface area contributed by atoms with Crippen molar-refractivity contribution in [3.8, 4) is 5.75 Å². The number of benzene rings is 2. The molecule has 0 atom stereocenters. The van der Waals surface area contributed by atoms with Crippen LogP contribution >= 0.6 is 23.4 Å². The first-order valence-electron chi connectivity index (χ1n) is 5.44. The van der Waals surface area contributed by atoms with E-state index in [1.807, 2.05) is 42.5 Å². The fourth-order valence-corrected chi connectivity index (χ4v) is 2.58. The molecule has 0 heterocycles. The molecular formula is C14H13ClO2S. The molecule has 2 rings (SSSR count). The Morgan fingerprint density at radius 2 is 1.89 bits per heavy atom. The van der Waals surface area contributed by atoms with Crippen LogP contribution in [0.3, 0.4) is 0 Å². The lowest BCUT2D eigenvalue weighted by atomic mass is 10.2. The molecule has 0 saturated carbocycles. The Bertz CT molecular complexity index is 526. The third-order valence-electron chi connectivity index (χ3n) is 2.48. The average molecular weight is 281 g/mol. The third-order valence-corrected chi connectivity index (χ3v) is 3.86. The van der Waals surface area contributed by atoms with Crippen LogP contribution in [-0.2, 0) is 6.61 Å². The summed E-state index contributed by atoms with van der Waals surface area (Å²) in [4.78, 5) is 2.10. The zero-order valence-corrected chi connectivity index (χ0v) is 11.5. The Kier molecular flexibility index (Phi) is 4.53. The van der Waals surface area contributed by atoms with Crippen molar-refractivity contribution in [1.82, 2.24) is 0 Å². The molecule has 0 radical (unpaired) electrons. The van der Waals surface area contributed by atoms with Crippen LogP contribution in [0.2, 0.25) is 5.02 Å². The molecule has 0 saturated heterocycles. The molecule has 94 valence electrons. The molecule has 0 aliphatic rings. The highest BCUT2D eigenvalue weighted by Gasteiger charge is 2.05. The van der Waals surface area contributed by atoms with E-state index in [4.69, 9.17) is 16.3 Å². The van der Waals surface area contributed by atoms with Crippen LogP contribution in [0.25, 0.3) is 0 Å². The SMILES string of the molecule is COc1ccc(Sc2ccc(Cl)cc2)c(CO)c1. The summed E-state index contributed by atoms with van der Waals surface area (Å²) in [6.45, 7) is -0.00682. The minimum atomic E-state index is -0.00682. The molecule has 4 heteroatoms. The van der Waals surface area contributed by atoms with E-state index in [1.54, 1.807) is 18.9 Å². The standard InChI is InChI=1S/C14H13ClO2S/c1-17-12-4-7-14(10(8-12)9-16)18-13-5-2-11(15)3-6-13/h2-8,16H,9H2,1H3. The quantitative estimate of drug-likeness (QED) is 0.918. The molecular weight excluding hydrogens is 268 g/mol. The fourth-order valence-electron chi connectivity index (χ4n) is 1.54. The van der Waals surface area contributed by atoms with E-state index in [-0.39, 0.29) is 6.61 Å². The van der Waals surface area contributed by atoms with Crippen molar-refractivity contribution in [1.29, 1.82) is 0 Å². The predicted octanol–water partition coefficient (Wildman–Crippen LogP) is 3.99. The molecule has 0 fully saturated rings. The summed E-state index contributed by atoms with van der Waals surface area (Å²) < 4.78 is 5.14. The Labute approximate surface area is 116 Å². The van der Waals surface area contributed by atoms with Gasteiger partial charge in [0.15, 0.2) is 0 Å². The van der Waals surface area contributed by atoms with E-state index in [2.05, 4.69) is 0 Å². The van der Waals surface area contributed by atoms with Gasteiger partial charge in [-0.15, -0.1) is 0 Å². The van der Waals surface area contributed by atoms with Crippen molar-refractivity contribution < 1.29 is 9.84 Å². The monoisotopic (exact) mass is 280 g/mol. The number of hydrogen-bond acceptors (Lipinski definition) is 3. The van der Waals surface area contributed by atoms with Crippen molar-refractivity contribution >= 4 is 23.4 Å². The normalized spacial score (nSPS) is 10.4. The molecule has 18 heavy (non-hydrogen) atoms. The first kappa shape index (κ1) is 13.3. The maximum Gasteiger partial charge on any atom is 0.119 e. The highest BCUT2D eigenvalue weighted by molar-refractivity contribution is 7.99. The molecule has 0 unspecified atom stereocenters. The maximum absolute atomic E-state index is 9.37. The Hall–Kier alpha value is -1.16. The van der Waals surface area contributed by atoms with Crippen LogP contribution in [0.5, 0.6) is 5.75 Å². The van der Waals surface area contributed by atoms with Gasteiger partial charge in [0.1, 0.15) is 5.75 Å². The van der Waals surface area contributed by atoms with Crippen molar-refractivity contribution in [2.24, 2.45) is 0 Å². The van der Waals surface area contributed by atoms with Crippen molar-refractivity contribution in [2.75, 3.05) is 7.11 Å². The van der Waals surface area contributed by atoms with Gasteiger partial charge in [-0.2, -0.15) is 0 Å². The van der Waals surface area contributed by atoms with Crippen LogP contribution in [0.4, 0.5) is 0 Å². The zero-order chi connectivity index (χ0) is 13.0. The van der Waals surface area contributed by atoms with E-state index in [0.717, 1.165) is 26.1 Å². The Morgan fingerprint density at radius 3 is 2.50 bits per heavy atom. The van der Waals surface area contributed by atoms with Gasteiger partial charge in [0.05, 0.1) is 13.7 Å². The molecule has 0 aliphatic heterocycles. The van der Waals surface area contributed by atoms with Crippen LogP contribution in [0, 0.1) is 0 Å². The lowest BCUT2D eigenvalue weighted by molar-refractivity contribution is 0.278. The highest BCUT2D eigenvalue weighted by Crippen LogP contribution is 2.33. The van der Waals surface area contributed by atoms with Gasteiger partial charge in [-0.3, -0.25) is 0 Å². The van der Waals surface area contributed by atoms with Gasteiger partial charge >= 0.3 is 0 Å². The number of methoxy groups -OCH3 is 1. The van der Waals surface area contributed by atoms with Gasteiger partial charge in [-0.05, 0) is 48.0 Å². The summed E-state index contributed by atoms with van der Waals surface area (Å²) in [6.07, 6.45) is 0. The molecule has 1 N–H and O–H groups in total. The van der Waals surface area contributed by atoms with E-state index in [0.29, 0.717) is 0 Å². The van der Waals surface area contributed by atoms with Crippen LogP contribution in [0.1, 0.15) is 5.56 Å². The number of hydrogen-bond donors (Lipinski definition) is 1. The second-order valence-electron chi connectivity index (χ2n) is 3.69. The summed E-state index contributed by atoms with van der Waals surface area (Å²) in [5.41, 5.74) is 0.856. The lowest BCUT2D eigenvalue weighted by Crippen LogP contribution is -1.90. The largest absolute Gasteiger partial charge is 0.497 e. The van der Waals surface area contributed by atoms with Crippen LogP contribution in [-0.4, -0.2) is 12.2 Å². The van der Waals surface area contributed by atoms with E-state index >= 15 is 0 Å². The van der Waals surface area contributed by atoms with Crippen molar-refractivity contribution in [2.45, 2.75) is 16.4 Å². The second kappa shape index (κ2) is 6.14. The molecule has 0 aliphatic carbocycles. The first-order chi connectivity index (χ1) is 8.72. The van der Waals surface area contributed by atoms with E-state index in [1.165, 1.54) is 0 Å². The van der Waals surface area contributed by atoms with Gasteiger partial charge in [0, 0.05) is 14.8 Å². The van der Waals surface area contributed by atoms with Gasteiger partial charge < -0.3 is 9.84 Å². The number of ether oxygens (including phenoxy) is 1. The summed E-state index contributed by atoms with van der Waals surface area (Å²) >= 11 is 7.44. The zero-order valence-electron chi connectivity index (χ0n) is 9.89. The van der Waals surface area contributed by atoms with Crippen LogP contribution in [0.15, 0.2) is 52.3 Å². The lowest BCUT2D eigenvalue weighted by Gasteiger charge is -2.09. The van der Waals surface area contributed by atoms with Gasteiger partial charge in [0.25, 0.3) is 0 Å². The highest BCUT2D eigenvalue weighted by atomic mass is 35.5. The molecule has 2 aromatic carbocycles. The molecule has 0 amide bonds. The number of aliphatic hydroxyl groups excluding tert-OH is 1. The minimum absolute atomic E-state index is 0.00682. The third kappa shape index (κ3) is 3.19. The molecule has 0 spiro atoms. The average Bonchev–Trinajstić information content (AvgIpc) is 2.41. The number of aliphatic hydroxyl groups is 1. The van der Waals surface area contributed by atoms with Gasteiger partial charge in [-0.25, -0.2) is 0 Å². The molecule has 2 aromatic rings. The molecule has 0 aromatic heterocycles.